The summed E-state index contributed by atoms with van der Waals surface area (Å²) in [7, 11) is 0. The van der Waals surface area contributed by atoms with Gasteiger partial charge in [0.15, 0.2) is 5.78 Å². The van der Waals surface area contributed by atoms with E-state index in [1.54, 1.807) is 0 Å². The van der Waals surface area contributed by atoms with E-state index in [4.69, 9.17) is 5.10 Å². The van der Waals surface area contributed by atoms with Crippen LogP contribution in [0.25, 0.3) is 0 Å². The fraction of sp³-hybridized carbons (Fsp3) is 0.583. The van der Waals surface area contributed by atoms with E-state index in [0.29, 0.717) is 24.2 Å². The van der Waals surface area contributed by atoms with Crippen LogP contribution in [-0.2, 0) is 17.8 Å². The summed E-state index contributed by atoms with van der Waals surface area (Å²) in [6.07, 6.45) is 6.88. The van der Waals surface area contributed by atoms with Crippen LogP contribution in [0.2, 0.25) is 0 Å². The van der Waals surface area contributed by atoms with Crippen molar-refractivity contribution in [3.63, 3.8) is 0 Å². The second kappa shape index (κ2) is 7.26. The molecule has 0 radical (unpaired) electrons. The monoisotopic (exact) mass is 364 g/mol. The van der Waals surface area contributed by atoms with Gasteiger partial charge in [0, 0.05) is 17.5 Å². The smallest absolute Gasteiger partial charge is 0.157 e. The molecule has 27 heavy (non-hydrogen) atoms. The zero-order valence-electron chi connectivity index (χ0n) is 17.2. The maximum Gasteiger partial charge on any atom is 0.157 e. The minimum absolute atomic E-state index is 0.142. The predicted octanol–water partition coefficient (Wildman–Crippen LogP) is 5.40. The van der Waals surface area contributed by atoms with E-state index in [1.165, 1.54) is 46.5 Å². The molecule has 0 N–H and O–H groups in total. The predicted molar refractivity (Wildman–Crippen MR) is 109 cm³/mol. The first-order chi connectivity index (χ1) is 13.0. The van der Waals surface area contributed by atoms with Crippen molar-refractivity contribution in [2.24, 2.45) is 5.92 Å². The number of hydrogen-bond donors (Lipinski definition) is 0. The molecule has 0 aliphatic heterocycles. The zero-order valence-corrected chi connectivity index (χ0v) is 17.2. The van der Waals surface area contributed by atoms with Crippen molar-refractivity contribution < 1.29 is 4.79 Å². The fourth-order valence-corrected chi connectivity index (χ4v) is 5.35. The number of Topliss-reactive ketones (excluding diaryl/α,β-unsaturated/α-hetero) is 1. The van der Waals surface area contributed by atoms with Crippen LogP contribution < -0.4 is 0 Å². The van der Waals surface area contributed by atoms with Crippen LogP contribution in [0.5, 0.6) is 0 Å². The zero-order chi connectivity index (χ0) is 19.1. The highest BCUT2D eigenvalue weighted by Crippen LogP contribution is 2.42. The molecule has 1 fully saturated rings. The minimum Gasteiger partial charge on any atom is -0.297 e. The Balaban J connectivity index is 1.57. The third-order valence-corrected chi connectivity index (χ3v) is 7.17. The van der Waals surface area contributed by atoms with Gasteiger partial charge in [0.05, 0.1) is 5.69 Å². The maximum absolute atomic E-state index is 13.3. The van der Waals surface area contributed by atoms with Gasteiger partial charge in [-0.15, -0.1) is 0 Å². The van der Waals surface area contributed by atoms with E-state index in [0.717, 1.165) is 25.7 Å². The van der Waals surface area contributed by atoms with Crippen LogP contribution >= 0.6 is 0 Å². The Hall–Kier alpha value is -1.90. The molecule has 1 heterocycles. The number of carbonyl (C=O) groups is 1. The highest BCUT2D eigenvalue weighted by Gasteiger charge is 2.35. The van der Waals surface area contributed by atoms with Gasteiger partial charge in [-0.2, -0.15) is 5.10 Å². The largest absolute Gasteiger partial charge is 0.297 e. The van der Waals surface area contributed by atoms with E-state index < -0.39 is 0 Å². The summed E-state index contributed by atoms with van der Waals surface area (Å²) < 4.78 is 2.01. The topological polar surface area (TPSA) is 34.9 Å². The molecule has 1 aromatic carbocycles. The van der Waals surface area contributed by atoms with Crippen LogP contribution in [0.4, 0.5) is 0 Å². The number of aryl methyl sites for hydroxylation is 1. The fourth-order valence-electron chi connectivity index (χ4n) is 5.35. The van der Waals surface area contributed by atoms with Crippen molar-refractivity contribution in [1.29, 1.82) is 0 Å². The number of aromatic nitrogens is 2. The highest BCUT2D eigenvalue weighted by molar-refractivity contribution is 5.82. The van der Waals surface area contributed by atoms with Crippen molar-refractivity contribution in [1.82, 2.24) is 9.78 Å². The molecule has 3 heteroatoms. The second-order valence-corrected chi connectivity index (χ2v) is 8.80. The van der Waals surface area contributed by atoms with Crippen LogP contribution in [0.1, 0.15) is 84.5 Å². The quantitative estimate of drug-likeness (QED) is 0.728. The Kier molecular flexibility index (Phi) is 4.96. The van der Waals surface area contributed by atoms with Gasteiger partial charge >= 0.3 is 0 Å². The highest BCUT2D eigenvalue weighted by atomic mass is 16.1. The van der Waals surface area contributed by atoms with Crippen LogP contribution in [0.15, 0.2) is 18.2 Å². The number of rotatable bonds is 4. The van der Waals surface area contributed by atoms with Crippen molar-refractivity contribution in [3.05, 3.63) is 51.8 Å². The molecule has 2 aromatic rings. The molecule has 1 aromatic heterocycles. The van der Waals surface area contributed by atoms with Gasteiger partial charge in [-0.3, -0.25) is 9.48 Å². The number of fused-ring (bicyclic) bond motifs is 1. The summed E-state index contributed by atoms with van der Waals surface area (Å²) in [5.74, 6) is 1.41. The molecular weight excluding hydrogens is 332 g/mol. The first kappa shape index (κ1) is 18.5. The molecule has 0 spiro atoms. The van der Waals surface area contributed by atoms with Crippen LogP contribution in [0, 0.1) is 26.7 Å². The lowest BCUT2D eigenvalue weighted by atomic mass is 9.83. The average molecular weight is 365 g/mol. The Morgan fingerprint density at radius 1 is 1.15 bits per heavy atom. The van der Waals surface area contributed by atoms with E-state index in [-0.39, 0.29) is 5.92 Å². The summed E-state index contributed by atoms with van der Waals surface area (Å²) in [5.41, 5.74) is 7.93. The average Bonchev–Trinajstić information content (AvgIpc) is 3.24. The number of nitrogens with zero attached hydrogens (tertiary/aromatic N) is 2. The van der Waals surface area contributed by atoms with E-state index >= 15 is 0 Å². The summed E-state index contributed by atoms with van der Waals surface area (Å²) in [5, 5.41) is 4.87. The lowest BCUT2D eigenvalue weighted by Gasteiger charge is -2.22. The molecule has 1 saturated carbocycles. The van der Waals surface area contributed by atoms with Gasteiger partial charge in [-0.05, 0) is 81.0 Å². The van der Waals surface area contributed by atoms with Gasteiger partial charge in [0.1, 0.15) is 6.54 Å². The molecule has 2 aliphatic rings. The first-order valence-electron chi connectivity index (χ1n) is 10.6. The van der Waals surface area contributed by atoms with Gasteiger partial charge in [0.2, 0.25) is 0 Å². The molecule has 0 bridgehead atoms. The third kappa shape index (κ3) is 3.26. The summed E-state index contributed by atoms with van der Waals surface area (Å²) in [4.78, 5) is 13.3. The number of benzene rings is 1. The molecule has 0 saturated heterocycles. The summed E-state index contributed by atoms with van der Waals surface area (Å²) in [6, 6.07) is 6.55. The number of hydrogen-bond acceptors (Lipinski definition) is 2. The number of carbonyl (C=O) groups excluding carboxylic acids is 1. The van der Waals surface area contributed by atoms with Crippen molar-refractivity contribution >= 4 is 5.78 Å². The normalized spacial score (nSPS) is 24.8. The summed E-state index contributed by atoms with van der Waals surface area (Å²) >= 11 is 0. The molecule has 4 rings (SSSR count). The van der Waals surface area contributed by atoms with Crippen molar-refractivity contribution in [2.45, 2.75) is 84.6 Å². The van der Waals surface area contributed by atoms with E-state index in [9.17, 15) is 4.79 Å². The van der Waals surface area contributed by atoms with E-state index in [1.807, 2.05) is 4.68 Å². The van der Waals surface area contributed by atoms with Gasteiger partial charge in [-0.25, -0.2) is 0 Å². The molecular formula is C24H32N2O. The Bertz CT molecular complexity index is 864. The Labute approximate surface area is 163 Å². The Morgan fingerprint density at radius 3 is 2.74 bits per heavy atom. The molecule has 0 amide bonds. The minimum atomic E-state index is 0.142. The lowest BCUT2D eigenvalue weighted by Crippen LogP contribution is -2.24. The molecule has 144 valence electrons. The van der Waals surface area contributed by atoms with Crippen LogP contribution in [-0.4, -0.2) is 15.6 Å². The molecule has 3 atom stereocenters. The van der Waals surface area contributed by atoms with Gasteiger partial charge < -0.3 is 0 Å². The van der Waals surface area contributed by atoms with Crippen molar-refractivity contribution in [3.8, 4) is 0 Å². The molecule has 3 nitrogen and oxygen atoms in total. The first-order valence-corrected chi connectivity index (χ1v) is 10.6. The van der Waals surface area contributed by atoms with Gasteiger partial charge in [0.25, 0.3) is 0 Å². The lowest BCUT2D eigenvalue weighted by molar-refractivity contribution is -0.123. The molecule has 2 aliphatic carbocycles. The Morgan fingerprint density at radius 2 is 1.96 bits per heavy atom. The van der Waals surface area contributed by atoms with Gasteiger partial charge in [-0.1, -0.05) is 31.5 Å². The van der Waals surface area contributed by atoms with E-state index in [2.05, 4.69) is 45.9 Å². The second-order valence-electron chi connectivity index (χ2n) is 8.80. The SMILES string of the molecule is Cc1cccc([C@@H]2CCCC2C(=O)Cn2nc3c(c2C)CCC[C@@H]3C)c1C. The number of ketones is 1. The standard InChI is InChI=1S/C24H32N2O/c1-15-8-5-10-19(17(15)3)21-12-7-13-22(21)23(27)14-26-18(4)20-11-6-9-16(2)24(20)25-26/h5,8,10,16,21-22H,6-7,9,11-14H2,1-4H3/t16-,21-,22?/m0/s1. The maximum atomic E-state index is 13.3. The molecule has 1 unspecified atom stereocenters. The summed E-state index contributed by atoms with van der Waals surface area (Å²) in [6.45, 7) is 9.23. The van der Waals surface area contributed by atoms with Crippen molar-refractivity contribution in [2.75, 3.05) is 0 Å². The third-order valence-electron chi connectivity index (χ3n) is 7.17. The van der Waals surface area contributed by atoms with Crippen LogP contribution in [0.3, 0.4) is 0 Å².